The SMILES string of the molecule is C=CCC1C(CCCO)C1C(=O)OCC. The zero-order chi connectivity index (χ0) is 11.3. The number of hydrogen-bond donors (Lipinski definition) is 1. The highest BCUT2D eigenvalue weighted by atomic mass is 16.5. The first-order chi connectivity index (χ1) is 7.26. The number of ether oxygens (including phenoxy) is 1. The smallest absolute Gasteiger partial charge is 0.309 e. The molecule has 1 aliphatic carbocycles. The normalized spacial score (nSPS) is 28.5. The van der Waals surface area contributed by atoms with Crippen molar-refractivity contribution >= 4 is 5.97 Å². The lowest BCUT2D eigenvalue weighted by molar-refractivity contribution is -0.145. The Bertz CT molecular complexity index is 225. The Morgan fingerprint density at radius 3 is 2.80 bits per heavy atom. The highest BCUT2D eigenvalue weighted by Gasteiger charge is 2.53. The third kappa shape index (κ3) is 3.06. The minimum Gasteiger partial charge on any atom is -0.466 e. The molecule has 3 heteroatoms. The molecule has 0 aromatic heterocycles. The predicted molar refractivity (Wildman–Crippen MR) is 58.2 cm³/mol. The van der Waals surface area contributed by atoms with Crippen molar-refractivity contribution in [2.75, 3.05) is 13.2 Å². The lowest BCUT2D eigenvalue weighted by atomic mass is 10.1. The van der Waals surface area contributed by atoms with Gasteiger partial charge < -0.3 is 9.84 Å². The van der Waals surface area contributed by atoms with Crippen LogP contribution in [0.25, 0.3) is 0 Å². The maximum atomic E-state index is 11.5. The van der Waals surface area contributed by atoms with Gasteiger partial charge in [-0.15, -0.1) is 6.58 Å². The number of carbonyl (C=O) groups is 1. The maximum absolute atomic E-state index is 11.5. The number of rotatable bonds is 7. The molecule has 3 nitrogen and oxygen atoms in total. The quantitative estimate of drug-likeness (QED) is 0.516. The molecule has 0 amide bonds. The molecule has 3 unspecified atom stereocenters. The van der Waals surface area contributed by atoms with Gasteiger partial charge in [-0.1, -0.05) is 6.08 Å². The van der Waals surface area contributed by atoms with E-state index in [9.17, 15) is 4.79 Å². The lowest BCUT2D eigenvalue weighted by Gasteiger charge is -1.99. The van der Waals surface area contributed by atoms with Gasteiger partial charge in [-0.05, 0) is 38.0 Å². The average molecular weight is 212 g/mol. The van der Waals surface area contributed by atoms with Gasteiger partial charge in [-0.3, -0.25) is 4.79 Å². The summed E-state index contributed by atoms with van der Waals surface area (Å²) in [7, 11) is 0. The Labute approximate surface area is 91.1 Å². The van der Waals surface area contributed by atoms with Crippen LogP contribution in [0.15, 0.2) is 12.7 Å². The maximum Gasteiger partial charge on any atom is 0.309 e. The molecule has 86 valence electrons. The molecule has 1 rings (SSSR count). The summed E-state index contributed by atoms with van der Waals surface area (Å²) in [6.07, 6.45) is 4.42. The van der Waals surface area contributed by atoms with Crippen molar-refractivity contribution in [3.63, 3.8) is 0 Å². The van der Waals surface area contributed by atoms with Crippen LogP contribution in [-0.2, 0) is 9.53 Å². The third-order valence-corrected chi connectivity index (χ3v) is 3.02. The summed E-state index contributed by atoms with van der Waals surface area (Å²) in [4.78, 5) is 11.5. The zero-order valence-electron chi connectivity index (χ0n) is 9.32. The molecule has 0 aromatic carbocycles. The van der Waals surface area contributed by atoms with Crippen molar-refractivity contribution in [3.8, 4) is 0 Å². The van der Waals surface area contributed by atoms with E-state index in [0.717, 1.165) is 19.3 Å². The molecule has 0 aromatic rings. The summed E-state index contributed by atoms with van der Waals surface area (Å²) in [6.45, 7) is 6.17. The van der Waals surface area contributed by atoms with Crippen molar-refractivity contribution in [2.24, 2.45) is 17.8 Å². The zero-order valence-corrected chi connectivity index (χ0v) is 9.32. The molecule has 0 heterocycles. The molecule has 15 heavy (non-hydrogen) atoms. The fraction of sp³-hybridized carbons (Fsp3) is 0.750. The van der Waals surface area contributed by atoms with Gasteiger partial charge in [0.05, 0.1) is 12.5 Å². The summed E-state index contributed by atoms with van der Waals surface area (Å²) in [5.41, 5.74) is 0. The van der Waals surface area contributed by atoms with E-state index in [1.165, 1.54) is 0 Å². The molecule has 0 radical (unpaired) electrons. The standard InChI is InChI=1S/C12H20O3/c1-3-6-9-10(7-5-8-13)11(9)12(14)15-4-2/h3,9-11,13H,1,4-8H2,2H3. The minimum atomic E-state index is -0.0766. The van der Waals surface area contributed by atoms with E-state index in [0.29, 0.717) is 18.4 Å². The Balaban J connectivity index is 2.41. The second kappa shape index (κ2) is 5.91. The van der Waals surface area contributed by atoms with Gasteiger partial charge in [-0.25, -0.2) is 0 Å². The minimum absolute atomic E-state index is 0.0505. The van der Waals surface area contributed by atoms with Gasteiger partial charge in [-0.2, -0.15) is 0 Å². The summed E-state index contributed by atoms with van der Waals surface area (Å²) in [5, 5.41) is 8.75. The van der Waals surface area contributed by atoms with Gasteiger partial charge in [0.25, 0.3) is 0 Å². The number of carbonyl (C=O) groups excluding carboxylic acids is 1. The number of hydrogen-bond acceptors (Lipinski definition) is 3. The topological polar surface area (TPSA) is 46.5 Å². The second-order valence-electron chi connectivity index (χ2n) is 4.00. The predicted octanol–water partition coefficient (Wildman–Crippen LogP) is 1.76. The number of aliphatic hydroxyl groups excluding tert-OH is 1. The molecule has 1 aliphatic rings. The molecule has 0 spiro atoms. The first-order valence-electron chi connectivity index (χ1n) is 5.64. The van der Waals surface area contributed by atoms with Gasteiger partial charge in [0.2, 0.25) is 0 Å². The monoisotopic (exact) mass is 212 g/mol. The molecule has 0 bridgehead atoms. The van der Waals surface area contributed by atoms with Crippen molar-refractivity contribution in [2.45, 2.75) is 26.2 Å². The number of aliphatic hydroxyl groups is 1. The van der Waals surface area contributed by atoms with Crippen LogP contribution >= 0.6 is 0 Å². The van der Waals surface area contributed by atoms with Crippen LogP contribution < -0.4 is 0 Å². The number of esters is 1. The summed E-state index contributed by atoms with van der Waals surface area (Å²) in [6, 6.07) is 0. The van der Waals surface area contributed by atoms with Gasteiger partial charge >= 0.3 is 5.97 Å². The molecule has 1 saturated carbocycles. The van der Waals surface area contributed by atoms with Crippen LogP contribution in [-0.4, -0.2) is 24.3 Å². The first kappa shape index (κ1) is 12.2. The summed E-state index contributed by atoms with van der Waals surface area (Å²) in [5.74, 6) is 0.768. The Hall–Kier alpha value is -0.830. The molecular weight excluding hydrogens is 192 g/mol. The first-order valence-corrected chi connectivity index (χ1v) is 5.64. The molecule has 0 saturated heterocycles. The van der Waals surface area contributed by atoms with Gasteiger partial charge in [0, 0.05) is 6.61 Å². The van der Waals surface area contributed by atoms with E-state index in [2.05, 4.69) is 6.58 Å². The van der Waals surface area contributed by atoms with Crippen molar-refractivity contribution in [1.29, 1.82) is 0 Å². The second-order valence-corrected chi connectivity index (χ2v) is 4.00. The van der Waals surface area contributed by atoms with E-state index in [4.69, 9.17) is 9.84 Å². The van der Waals surface area contributed by atoms with Crippen LogP contribution in [0, 0.1) is 17.8 Å². The van der Waals surface area contributed by atoms with Crippen LogP contribution in [0.1, 0.15) is 26.2 Å². The largest absolute Gasteiger partial charge is 0.466 e. The van der Waals surface area contributed by atoms with E-state index < -0.39 is 0 Å². The molecule has 1 fully saturated rings. The highest BCUT2D eigenvalue weighted by molar-refractivity contribution is 5.76. The third-order valence-electron chi connectivity index (χ3n) is 3.02. The molecule has 1 N–H and O–H groups in total. The lowest BCUT2D eigenvalue weighted by Crippen LogP contribution is -2.08. The average Bonchev–Trinajstić information content (AvgIpc) is 2.89. The van der Waals surface area contributed by atoms with Crippen molar-refractivity contribution in [3.05, 3.63) is 12.7 Å². The van der Waals surface area contributed by atoms with Crippen molar-refractivity contribution < 1.29 is 14.6 Å². The fourth-order valence-corrected chi connectivity index (χ4v) is 2.27. The molecular formula is C12H20O3. The van der Waals surface area contributed by atoms with Gasteiger partial charge in [0.1, 0.15) is 0 Å². The Morgan fingerprint density at radius 1 is 1.53 bits per heavy atom. The fourth-order valence-electron chi connectivity index (χ4n) is 2.27. The van der Waals surface area contributed by atoms with E-state index in [1.54, 1.807) is 0 Å². The van der Waals surface area contributed by atoms with Crippen LogP contribution in [0.3, 0.4) is 0 Å². The van der Waals surface area contributed by atoms with E-state index in [-0.39, 0.29) is 18.5 Å². The summed E-state index contributed by atoms with van der Waals surface area (Å²) >= 11 is 0. The van der Waals surface area contributed by atoms with E-state index >= 15 is 0 Å². The Morgan fingerprint density at radius 2 is 2.27 bits per heavy atom. The van der Waals surface area contributed by atoms with Crippen LogP contribution in [0.2, 0.25) is 0 Å². The molecule has 3 atom stereocenters. The van der Waals surface area contributed by atoms with Crippen LogP contribution in [0.4, 0.5) is 0 Å². The van der Waals surface area contributed by atoms with E-state index in [1.807, 2.05) is 13.0 Å². The Kier molecular flexibility index (Phi) is 4.82. The highest BCUT2D eigenvalue weighted by Crippen LogP contribution is 2.52. The van der Waals surface area contributed by atoms with Crippen LogP contribution in [0.5, 0.6) is 0 Å². The molecule has 0 aliphatic heterocycles. The van der Waals surface area contributed by atoms with Gasteiger partial charge in [0.15, 0.2) is 0 Å². The van der Waals surface area contributed by atoms with Crippen molar-refractivity contribution in [1.82, 2.24) is 0 Å². The summed E-state index contributed by atoms with van der Waals surface area (Å²) < 4.78 is 5.02. The number of allylic oxidation sites excluding steroid dienone is 1.